The zero-order valence-corrected chi connectivity index (χ0v) is 14.4. The number of urea groups is 1. The first-order valence-corrected chi connectivity index (χ1v) is 8.33. The number of Topliss-reactive ketones (excluding diaryl/α,β-unsaturated/α-hetero) is 1. The second kappa shape index (κ2) is 8.46. The van der Waals surface area contributed by atoms with Crippen LogP contribution < -0.4 is 10.6 Å². The Morgan fingerprint density at radius 3 is 2.60 bits per heavy atom. The molecule has 1 saturated carbocycles. The van der Waals surface area contributed by atoms with Crippen LogP contribution in [0.15, 0.2) is 12.3 Å². The lowest BCUT2D eigenvalue weighted by molar-refractivity contribution is -0.123. The number of aromatic nitrogens is 1. The van der Waals surface area contributed by atoms with Crippen LogP contribution in [-0.4, -0.2) is 41.3 Å². The largest absolute Gasteiger partial charge is 0.451 e. The third kappa shape index (κ3) is 5.44. The predicted octanol–water partition coefficient (Wildman–Crippen LogP) is 1.78. The summed E-state index contributed by atoms with van der Waals surface area (Å²) in [5, 5.41) is 4.93. The van der Waals surface area contributed by atoms with Crippen molar-refractivity contribution in [2.45, 2.75) is 45.6 Å². The summed E-state index contributed by atoms with van der Waals surface area (Å²) < 4.78 is 4.82. The molecule has 1 heterocycles. The molecule has 0 aromatic carbocycles. The first-order chi connectivity index (χ1) is 11.9. The highest BCUT2D eigenvalue weighted by Crippen LogP contribution is 2.23. The number of amides is 3. The summed E-state index contributed by atoms with van der Waals surface area (Å²) in [5.41, 5.74) is 0.413. The number of H-pyrrole nitrogens is 1. The summed E-state index contributed by atoms with van der Waals surface area (Å²) in [5.74, 6) is -1.31. The Hall–Kier alpha value is -2.64. The van der Waals surface area contributed by atoms with E-state index in [9.17, 15) is 19.2 Å². The van der Waals surface area contributed by atoms with Gasteiger partial charge in [-0.1, -0.05) is 19.8 Å². The van der Waals surface area contributed by atoms with Crippen LogP contribution in [0.1, 0.15) is 60.4 Å². The highest BCUT2D eigenvalue weighted by molar-refractivity contribution is 5.99. The van der Waals surface area contributed by atoms with Gasteiger partial charge in [0.2, 0.25) is 0 Å². The Bertz CT molecular complexity index is 667. The molecule has 1 aliphatic rings. The Balaban J connectivity index is 1.74. The van der Waals surface area contributed by atoms with Crippen LogP contribution in [0.2, 0.25) is 0 Å². The number of hydrogen-bond acceptors (Lipinski definition) is 5. The molecule has 8 nitrogen and oxygen atoms in total. The second-order valence-electron chi connectivity index (χ2n) is 6.32. The lowest BCUT2D eigenvalue weighted by Gasteiger charge is -2.29. The number of carbonyl (C=O) groups excluding carboxylic acids is 4. The molecule has 3 N–H and O–H groups in total. The van der Waals surface area contributed by atoms with Gasteiger partial charge in [-0.05, 0) is 31.7 Å². The first-order valence-electron chi connectivity index (χ1n) is 8.33. The fourth-order valence-electron chi connectivity index (χ4n) is 2.82. The molecule has 2 rings (SSSR count). The van der Waals surface area contributed by atoms with Crippen LogP contribution in [-0.2, 0) is 9.53 Å². The maximum Gasteiger partial charge on any atom is 0.355 e. The van der Waals surface area contributed by atoms with Crippen molar-refractivity contribution in [3.8, 4) is 0 Å². The molecule has 0 bridgehead atoms. The fraction of sp³-hybridized carbons (Fsp3) is 0.529. The smallest absolute Gasteiger partial charge is 0.355 e. The average Bonchev–Trinajstić information content (AvgIpc) is 3.05. The molecule has 0 aliphatic heterocycles. The van der Waals surface area contributed by atoms with Crippen molar-refractivity contribution in [3.63, 3.8) is 0 Å². The van der Waals surface area contributed by atoms with Crippen molar-refractivity contribution >= 4 is 23.7 Å². The number of hydrogen-bond donors (Lipinski definition) is 3. The number of esters is 1. The molecule has 0 radical (unpaired) electrons. The van der Waals surface area contributed by atoms with Gasteiger partial charge in [-0.2, -0.15) is 0 Å². The van der Waals surface area contributed by atoms with Crippen molar-refractivity contribution < 1.29 is 23.9 Å². The molecule has 1 aromatic heterocycles. The van der Waals surface area contributed by atoms with E-state index >= 15 is 0 Å². The third-order valence-corrected chi connectivity index (χ3v) is 4.32. The summed E-state index contributed by atoms with van der Waals surface area (Å²) in [6.45, 7) is 2.86. The summed E-state index contributed by atoms with van der Waals surface area (Å²) in [6.07, 6.45) is 5.54. The molecule has 0 spiro atoms. The van der Waals surface area contributed by atoms with Crippen LogP contribution in [0.25, 0.3) is 0 Å². The number of nitrogens with one attached hydrogen (secondary N) is 3. The Labute approximate surface area is 145 Å². The molecular weight excluding hydrogens is 326 g/mol. The molecule has 0 saturated heterocycles. The van der Waals surface area contributed by atoms with Crippen LogP contribution >= 0.6 is 0 Å². The average molecular weight is 349 g/mol. The van der Waals surface area contributed by atoms with Gasteiger partial charge in [0.25, 0.3) is 5.91 Å². The van der Waals surface area contributed by atoms with Gasteiger partial charge < -0.3 is 15.0 Å². The van der Waals surface area contributed by atoms with Crippen molar-refractivity contribution in [2.24, 2.45) is 5.92 Å². The number of ether oxygens (including phenoxy) is 1. The Morgan fingerprint density at radius 1 is 1.24 bits per heavy atom. The van der Waals surface area contributed by atoms with Gasteiger partial charge in [0.15, 0.2) is 12.4 Å². The fourth-order valence-corrected chi connectivity index (χ4v) is 2.82. The molecule has 2 atom stereocenters. The third-order valence-electron chi connectivity index (χ3n) is 4.32. The Morgan fingerprint density at radius 2 is 1.96 bits per heavy atom. The molecule has 1 fully saturated rings. The number of carbonyl (C=O) groups is 4. The minimum absolute atomic E-state index is 0.0491. The van der Waals surface area contributed by atoms with Crippen LogP contribution in [0.3, 0.4) is 0 Å². The molecule has 25 heavy (non-hydrogen) atoms. The van der Waals surface area contributed by atoms with Gasteiger partial charge in [-0.3, -0.25) is 14.9 Å². The summed E-state index contributed by atoms with van der Waals surface area (Å²) in [7, 11) is 0. The quantitative estimate of drug-likeness (QED) is 0.553. The number of rotatable bonds is 5. The molecule has 1 aliphatic carbocycles. The molecule has 0 unspecified atom stereocenters. The molecule has 8 heteroatoms. The minimum Gasteiger partial charge on any atom is -0.451 e. The van der Waals surface area contributed by atoms with Crippen LogP contribution in [0.4, 0.5) is 4.79 Å². The van der Waals surface area contributed by atoms with Crippen molar-refractivity contribution in [2.75, 3.05) is 6.61 Å². The number of imide groups is 1. The van der Waals surface area contributed by atoms with Crippen LogP contribution in [0.5, 0.6) is 0 Å². The van der Waals surface area contributed by atoms with E-state index in [-0.39, 0.29) is 17.5 Å². The van der Waals surface area contributed by atoms with E-state index in [1.54, 1.807) is 0 Å². The van der Waals surface area contributed by atoms with Gasteiger partial charge in [0.1, 0.15) is 5.69 Å². The molecule has 1 aromatic rings. The normalized spacial score (nSPS) is 19.8. The molecule has 3 amide bonds. The van der Waals surface area contributed by atoms with Gasteiger partial charge in [-0.25, -0.2) is 9.59 Å². The molecular formula is C17H23N3O5. The monoisotopic (exact) mass is 349 g/mol. The lowest BCUT2D eigenvalue weighted by Crippen LogP contribution is -2.48. The van der Waals surface area contributed by atoms with E-state index in [2.05, 4.69) is 22.5 Å². The van der Waals surface area contributed by atoms with Gasteiger partial charge in [-0.15, -0.1) is 0 Å². The second-order valence-corrected chi connectivity index (χ2v) is 6.32. The van der Waals surface area contributed by atoms with E-state index in [1.807, 2.05) is 0 Å². The Kier molecular flexibility index (Phi) is 6.32. The van der Waals surface area contributed by atoms with E-state index in [1.165, 1.54) is 19.2 Å². The lowest BCUT2D eigenvalue weighted by atomic mass is 9.86. The summed E-state index contributed by atoms with van der Waals surface area (Å²) >= 11 is 0. The molecule has 136 valence electrons. The van der Waals surface area contributed by atoms with Crippen molar-refractivity contribution in [1.82, 2.24) is 15.6 Å². The zero-order valence-electron chi connectivity index (χ0n) is 14.4. The van der Waals surface area contributed by atoms with Gasteiger partial charge >= 0.3 is 12.0 Å². The van der Waals surface area contributed by atoms with E-state index < -0.39 is 24.5 Å². The number of aromatic amines is 1. The van der Waals surface area contributed by atoms with E-state index in [0.29, 0.717) is 11.5 Å². The standard InChI is InChI=1S/C17H23N3O5/c1-10-5-3-4-6-13(10)19-17(24)20-15(22)9-25-16(23)14-7-12(8-18-14)11(2)21/h7-8,10,13,18H,3-6,9H2,1-2H3,(H2,19,20,22,24)/t10-,13+/m0/s1. The SMILES string of the molecule is CC(=O)c1c[nH]c(C(=O)OCC(=O)NC(=O)N[C@@H]2CCCC[C@@H]2C)c1. The minimum atomic E-state index is -0.774. The van der Waals surface area contributed by atoms with Crippen molar-refractivity contribution in [3.05, 3.63) is 23.5 Å². The van der Waals surface area contributed by atoms with E-state index in [4.69, 9.17) is 4.74 Å². The van der Waals surface area contributed by atoms with Crippen molar-refractivity contribution in [1.29, 1.82) is 0 Å². The van der Waals surface area contributed by atoms with Gasteiger partial charge in [0.05, 0.1) is 0 Å². The highest BCUT2D eigenvalue weighted by Gasteiger charge is 2.23. The van der Waals surface area contributed by atoms with Gasteiger partial charge in [0, 0.05) is 17.8 Å². The highest BCUT2D eigenvalue weighted by atomic mass is 16.5. The topological polar surface area (TPSA) is 117 Å². The van der Waals surface area contributed by atoms with Crippen LogP contribution in [0, 0.1) is 5.92 Å². The predicted molar refractivity (Wildman–Crippen MR) is 89.2 cm³/mol. The zero-order chi connectivity index (χ0) is 18.4. The van der Waals surface area contributed by atoms with E-state index in [0.717, 1.165) is 25.7 Å². The first kappa shape index (κ1) is 18.7. The maximum atomic E-state index is 11.8. The summed E-state index contributed by atoms with van der Waals surface area (Å²) in [4.78, 5) is 49.1. The summed E-state index contributed by atoms with van der Waals surface area (Å²) in [6, 6.07) is 0.811. The number of ketones is 1. The maximum absolute atomic E-state index is 11.8.